The van der Waals surface area contributed by atoms with Crippen molar-refractivity contribution in [2.24, 2.45) is 0 Å². The third-order valence-corrected chi connectivity index (χ3v) is 5.22. The number of aromatic amines is 1. The summed E-state index contributed by atoms with van der Waals surface area (Å²) in [5.74, 6) is 0.252. The van der Waals surface area contributed by atoms with Gasteiger partial charge in [0.1, 0.15) is 11.5 Å². The Morgan fingerprint density at radius 3 is 2.63 bits per heavy atom. The van der Waals surface area contributed by atoms with E-state index in [1.165, 1.54) is 18.8 Å². The highest BCUT2D eigenvalue weighted by molar-refractivity contribution is 6.01. The van der Waals surface area contributed by atoms with Crippen molar-refractivity contribution in [1.29, 1.82) is 0 Å². The number of amides is 1. The molecule has 9 nitrogen and oxygen atoms in total. The molecule has 0 saturated carbocycles. The van der Waals surface area contributed by atoms with E-state index in [1.807, 2.05) is 0 Å². The number of nitrogens with one attached hydrogen (secondary N) is 2. The normalized spacial score (nSPS) is 12.7. The zero-order chi connectivity index (χ0) is 21.7. The van der Waals surface area contributed by atoms with Crippen LogP contribution in [-0.4, -0.2) is 42.0 Å². The first-order chi connectivity index (χ1) is 14.4. The second kappa shape index (κ2) is 9.43. The van der Waals surface area contributed by atoms with Gasteiger partial charge in [0.2, 0.25) is 5.91 Å². The van der Waals surface area contributed by atoms with Crippen LogP contribution in [0.1, 0.15) is 40.9 Å². The van der Waals surface area contributed by atoms with Gasteiger partial charge in [-0.25, -0.2) is 4.79 Å². The van der Waals surface area contributed by atoms with Crippen LogP contribution < -0.4 is 26.0 Å². The molecule has 9 heteroatoms. The van der Waals surface area contributed by atoms with E-state index in [1.54, 1.807) is 18.2 Å². The number of hydrogen-bond donors (Lipinski definition) is 2. The predicted molar refractivity (Wildman–Crippen MR) is 109 cm³/mol. The maximum Gasteiger partial charge on any atom is 0.328 e. The summed E-state index contributed by atoms with van der Waals surface area (Å²) >= 11 is 0. The minimum atomic E-state index is -0.507. The van der Waals surface area contributed by atoms with Crippen LogP contribution in [0.3, 0.4) is 0 Å². The molecule has 1 aromatic carbocycles. The fourth-order valence-electron chi connectivity index (χ4n) is 3.64. The molecule has 1 aliphatic carbocycles. The van der Waals surface area contributed by atoms with E-state index < -0.39 is 5.69 Å². The summed E-state index contributed by atoms with van der Waals surface area (Å²) in [6.07, 6.45) is 3.11. The van der Waals surface area contributed by atoms with Crippen LogP contribution in [0, 0.1) is 0 Å². The van der Waals surface area contributed by atoms with Gasteiger partial charge in [0.15, 0.2) is 5.78 Å². The number of rotatable bonds is 8. The number of methoxy groups -OCH3 is 2. The average Bonchev–Trinajstić information content (AvgIpc) is 2.76. The molecule has 1 aliphatic rings. The van der Waals surface area contributed by atoms with Gasteiger partial charge in [0.25, 0.3) is 5.56 Å². The van der Waals surface area contributed by atoms with Gasteiger partial charge in [-0.1, -0.05) is 0 Å². The maximum atomic E-state index is 12.5. The van der Waals surface area contributed by atoms with Crippen LogP contribution in [0.25, 0.3) is 0 Å². The van der Waals surface area contributed by atoms with E-state index >= 15 is 0 Å². The van der Waals surface area contributed by atoms with Gasteiger partial charge in [-0.15, -0.1) is 0 Å². The first-order valence-electron chi connectivity index (χ1n) is 9.81. The van der Waals surface area contributed by atoms with Gasteiger partial charge in [-0.05, 0) is 37.8 Å². The highest BCUT2D eigenvalue weighted by Gasteiger charge is 2.19. The summed E-state index contributed by atoms with van der Waals surface area (Å²) in [6.45, 7) is -0.0516. The van der Waals surface area contributed by atoms with Gasteiger partial charge in [0.05, 0.1) is 26.3 Å². The maximum absolute atomic E-state index is 12.5. The van der Waals surface area contributed by atoms with E-state index in [0.717, 1.165) is 12.8 Å². The number of hydrogen-bond acceptors (Lipinski definition) is 6. The van der Waals surface area contributed by atoms with Crippen LogP contribution >= 0.6 is 0 Å². The monoisotopic (exact) mass is 415 g/mol. The minimum Gasteiger partial charge on any atom is -0.497 e. The number of carbonyl (C=O) groups excluding carboxylic acids is 2. The molecular formula is C21H25N3O6. The Balaban J connectivity index is 1.62. The zero-order valence-corrected chi connectivity index (χ0v) is 17.1. The molecule has 0 atom stereocenters. The topological polar surface area (TPSA) is 119 Å². The van der Waals surface area contributed by atoms with Crippen LogP contribution in [0.2, 0.25) is 0 Å². The summed E-state index contributed by atoms with van der Waals surface area (Å²) < 4.78 is 11.8. The lowest BCUT2D eigenvalue weighted by Gasteiger charge is -2.19. The molecule has 0 radical (unpaired) electrons. The SMILES string of the molecule is COc1ccc(C(=O)CNC(=O)CCn2c3c(c(=O)[nH]c2=O)CCCC3)c(OC)c1. The number of fused-ring (bicyclic) bond motifs is 1. The van der Waals surface area contributed by atoms with E-state index in [2.05, 4.69) is 10.3 Å². The summed E-state index contributed by atoms with van der Waals surface area (Å²) in [5.41, 5.74) is 0.830. The van der Waals surface area contributed by atoms with Crippen molar-refractivity contribution in [3.63, 3.8) is 0 Å². The lowest BCUT2D eigenvalue weighted by molar-refractivity contribution is -0.121. The summed E-state index contributed by atoms with van der Waals surface area (Å²) in [6, 6.07) is 4.82. The van der Waals surface area contributed by atoms with Crippen molar-refractivity contribution in [3.8, 4) is 11.5 Å². The van der Waals surface area contributed by atoms with Crippen LogP contribution in [0.4, 0.5) is 0 Å². The Morgan fingerprint density at radius 2 is 1.90 bits per heavy atom. The number of Topliss-reactive ketones (excluding diaryl/α,β-unsaturated/α-hetero) is 1. The van der Waals surface area contributed by atoms with E-state index in [9.17, 15) is 19.2 Å². The standard InChI is InChI=1S/C21H25N3O6/c1-29-13-7-8-15(18(11-13)30-2)17(25)12-22-19(26)9-10-24-16-6-4-3-5-14(16)20(27)23-21(24)28/h7-8,11H,3-6,9-10,12H2,1-2H3,(H,22,26)(H,23,27,28). The van der Waals surface area contributed by atoms with Crippen LogP contribution in [-0.2, 0) is 24.2 Å². The molecule has 3 rings (SSSR count). The highest BCUT2D eigenvalue weighted by atomic mass is 16.5. The van der Waals surface area contributed by atoms with Crippen molar-refractivity contribution in [1.82, 2.24) is 14.9 Å². The van der Waals surface area contributed by atoms with Crippen molar-refractivity contribution in [3.05, 3.63) is 55.9 Å². The van der Waals surface area contributed by atoms with Gasteiger partial charge < -0.3 is 14.8 Å². The van der Waals surface area contributed by atoms with Crippen molar-refractivity contribution in [2.75, 3.05) is 20.8 Å². The fraction of sp³-hybridized carbons (Fsp3) is 0.429. The Morgan fingerprint density at radius 1 is 1.13 bits per heavy atom. The first-order valence-corrected chi connectivity index (χ1v) is 9.81. The average molecular weight is 415 g/mol. The van der Waals surface area contributed by atoms with Crippen molar-refractivity contribution < 1.29 is 19.1 Å². The van der Waals surface area contributed by atoms with Gasteiger partial charge in [-0.3, -0.25) is 23.9 Å². The fourth-order valence-corrected chi connectivity index (χ4v) is 3.64. The molecule has 0 saturated heterocycles. The van der Waals surface area contributed by atoms with E-state index in [-0.39, 0.29) is 36.8 Å². The van der Waals surface area contributed by atoms with E-state index in [4.69, 9.17) is 9.47 Å². The Labute approximate surface area is 173 Å². The highest BCUT2D eigenvalue weighted by Crippen LogP contribution is 2.24. The molecule has 1 heterocycles. The number of carbonyl (C=O) groups is 2. The largest absolute Gasteiger partial charge is 0.497 e. The molecule has 0 bridgehead atoms. The number of H-pyrrole nitrogens is 1. The summed E-state index contributed by atoms with van der Waals surface area (Å²) in [4.78, 5) is 51.2. The molecular weight excluding hydrogens is 390 g/mol. The molecule has 1 amide bonds. The molecule has 2 aromatic rings. The predicted octanol–water partition coefficient (Wildman–Crippen LogP) is 0.822. The number of aromatic nitrogens is 2. The van der Waals surface area contributed by atoms with Gasteiger partial charge in [0, 0.05) is 30.3 Å². The molecule has 2 N–H and O–H groups in total. The molecule has 30 heavy (non-hydrogen) atoms. The number of ether oxygens (including phenoxy) is 2. The third-order valence-electron chi connectivity index (χ3n) is 5.22. The van der Waals surface area contributed by atoms with Gasteiger partial charge in [-0.2, -0.15) is 0 Å². The third kappa shape index (κ3) is 4.61. The summed E-state index contributed by atoms with van der Waals surface area (Å²) in [7, 11) is 2.97. The molecule has 0 unspecified atom stereocenters. The Hall–Kier alpha value is -3.36. The van der Waals surface area contributed by atoms with Crippen LogP contribution in [0.5, 0.6) is 11.5 Å². The number of nitrogens with zero attached hydrogens (tertiary/aromatic N) is 1. The number of ketones is 1. The van der Waals surface area contributed by atoms with Crippen molar-refractivity contribution in [2.45, 2.75) is 38.6 Å². The summed E-state index contributed by atoms with van der Waals surface area (Å²) in [5, 5.41) is 2.58. The zero-order valence-electron chi connectivity index (χ0n) is 17.1. The van der Waals surface area contributed by atoms with Crippen LogP contribution in [0.15, 0.2) is 27.8 Å². The molecule has 160 valence electrons. The quantitative estimate of drug-likeness (QED) is 0.616. The minimum absolute atomic E-state index is 0.0193. The molecule has 0 fully saturated rings. The molecule has 1 aromatic heterocycles. The smallest absolute Gasteiger partial charge is 0.328 e. The Bertz CT molecular complexity index is 1070. The molecule has 0 aliphatic heterocycles. The second-order valence-corrected chi connectivity index (χ2v) is 7.06. The van der Waals surface area contributed by atoms with E-state index in [0.29, 0.717) is 41.2 Å². The lowest BCUT2D eigenvalue weighted by atomic mass is 9.97. The first kappa shape index (κ1) is 21.4. The molecule has 0 spiro atoms. The number of benzene rings is 1. The lowest BCUT2D eigenvalue weighted by Crippen LogP contribution is -2.38. The Kier molecular flexibility index (Phi) is 6.71. The van der Waals surface area contributed by atoms with Crippen molar-refractivity contribution >= 4 is 11.7 Å². The second-order valence-electron chi connectivity index (χ2n) is 7.06. The van der Waals surface area contributed by atoms with Gasteiger partial charge >= 0.3 is 5.69 Å².